The highest BCUT2D eigenvalue weighted by molar-refractivity contribution is 7.80. The summed E-state index contributed by atoms with van der Waals surface area (Å²) in [4.78, 5) is 17.6. The minimum absolute atomic E-state index is 0.211. The summed E-state index contributed by atoms with van der Waals surface area (Å²) in [7, 11) is 6.03. The summed E-state index contributed by atoms with van der Waals surface area (Å²) in [6.07, 6.45) is 0.390. The van der Waals surface area contributed by atoms with Crippen molar-refractivity contribution in [3.8, 4) is 28.7 Å². The van der Waals surface area contributed by atoms with Gasteiger partial charge in [-0.15, -0.1) is 0 Å². The number of hydrogen-bond donors (Lipinski definition) is 0. The molecule has 0 spiro atoms. The molecule has 1 fully saturated rings. The van der Waals surface area contributed by atoms with Crippen LogP contribution in [-0.4, -0.2) is 50.1 Å². The third-order valence-electron chi connectivity index (χ3n) is 6.88. The van der Waals surface area contributed by atoms with Crippen molar-refractivity contribution in [2.24, 2.45) is 0 Å². The summed E-state index contributed by atoms with van der Waals surface area (Å²) in [5.41, 5.74) is 0.662. The molecule has 0 N–H and O–H groups in total. The third-order valence-corrected chi connectivity index (χ3v) is 7.26. The maximum atomic E-state index is 14.3. The second-order valence-electron chi connectivity index (χ2n) is 9.06. The van der Waals surface area contributed by atoms with Gasteiger partial charge in [-0.25, -0.2) is 4.39 Å². The zero-order chi connectivity index (χ0) is 27.2. The van der Waals surface area contributed by atoms with Gasteiger partial charge < -0.3 is 23.7 Å². The first-order valence-corrected chi connectivity index (χ1v) is 12.3. The SMILES string of the molecule is COc1cc(C(=O)N2C(=S)N(c3ccc(F)cc3)[C@@]3(C)C[C@H]2c2cccc(OC)c2O3)cc(OC)c1OC. The number of fused-ring (bicyclic) bond motifs is 4. The summed E-state index contributed by atoms with van der Waals surface area (Å²) < 4.78 is 42.3. The van der Waals surface area contributed by atoms with Crippen LogP contribution in [0, 0.1) is 5.82 Å². The molecule has 2 atom stereocenters. The number of ether oxygens (including phenoxy) is 5. The van der Waals surface area contributed by atoms with Crippen molar-refractivity contribution in [1.82, 2.24) is 4.90 Å². The third kappa shape index (κ3) is 3.96. The number of benzene rings is 3. The first kappa shape index (κ1) is 25.6. The number of halogens is 1. The van der Waals surface area contributed by atoms with Crippen LogP contribution in [0.2, 0.25) is 0 Å². The molecule has 0 aliphatic carbocycles. The van der Waals surface area contributed by atoms with Crippen molar-refractivity contribution in [1.29, 1.82) is 0 Å². The van der Waals surface area contributed by atoms with Crippen molar-refractivity contribution < 1.29 is 32.9 Å². The molecule has 8 nitrogen and oxygen atoms in total. The van der Waals surface area contributed by atoms with Crippen LogP contribution in [0.25, 0.3) is 0 Å². The lowest BCUT2D eigenvalue weighted by Gasteiger charge is -2.55. The van der Waals surface area contributed by atoms with Gasteiger partial charge in [0.15, 0.2) is 33.8 Å². The van der Waals surface area contributed by atoms with E-state index in [1.54, 1.807) is 47.2 Å². The topological polar surface area (TPSA) is 69.7 Å². The minimum atomic E-state index is -0.979. The molecule has 2 heterocycles. The molecule has 38 heavy (non-hydrogen) atoms. The Bertz CT molecular complexity index is 1390. The fourth-order valence-electron chi connectivity index (χ4n) is 5.15. The maximum absolute atomic E-state index is 14.3. The average molecular weight is 539 g/mol. The van der Waals surface area contributed by atoms with Crippen molar-refractivity contribution in [2.75, 3.05) is 33.3 Å². The van der Waals surface area contributed by atoms with Gasteiger partial charge in [-0.05, 0) is 61.6 Å². The van der Waals surface area contributed by atoms with Gasteiger partial charge in [0.05, 0.1) is 34.5 Å². The number of para-hydroxylation sites is 1. The number of amides is 1. The molecule has 3 aromatic rings. The molecular formula is C28H27FN2O6S. The predicted molar refractivity (Wildman–Crippen MR) is 143 cm³/mol. The van der Waals surface area contributed by atoms with Gasteiger partial charge >= 0.3 is 0 Å². The molecule has 5 rings (SSSR count). The van der Waals surface area contributed by atoms with E-state index >= 15 is 0 Å². The fourth-order valence-corrected chi connectivity index (χ4v) is 5.66. The molecule has 0 unspecified atom stereocenters. The van der Waals surface area contributed by atoms with Gasteiger partial charge in [0, 0.05) is 23.2 Å². The van der Waals surface area contributed by atoms with Crippen molar-refractivity contribution in [3.63, 3.8) is 0 Å². The van der Waals surface area contributed by atoms with Gasteiger partial charge in [-0.3, -0.25) is 14.6 Å². The van der Waals surface area contributed by atoms with Crippen molar-refractivity contribution in [2.45, 2.75) is 25.1 Å². The second-order valence-corrected chi connectivity index (χ2v) is 9.42. The highest BCUT2D eigenvalue weighted by Crippen LogP contribution is 2.53. The molecular weight excluding hydrogens is 511 g/mol. The van der Waals surface area contributed by atoms with Crippen molar-refractivity contribution >= 4 is 28.9 Å². The van der Waals surface area contributed by atoms with E-state index < -0.39 is 11.8 Å². The van der Waals surface area contributed by atoms with Crippen LogP contribution in [0.3, 0.4) is 0 Å². The summed E-state index contributed by atoms with van der Waals surface area (Å²) in [5, 5.41) is 0.211. The Morgan fingerprint density at radius 2 is 1.61 bits per heavy atom. The minimum Gasteiger partial charge on any atom is -0.493 e. The van der Waals surface area contributed by atoms with Crippen LogP contribution < -0.4 is 28.6 Å². The number of anilines is 1. The van der Waals surface area contributed by atoms with Crippen LogP contribution in [0.5, 0.6) is 28.7 Å². The van der Waals surface area contributed by atoms with E-state index in [2.05, 4.69) is 0 Å². The zero-order valence-electron chi connectivity index (χ0n) is 21.6. The van der Waals surface area contributed by atoms with E-state index in [9.17, 15) is 9.18 Å². The Balaban J connectivity index is 1.70. The Morgan fingerprint density at radius 3 is 2.18 bits per heavy atom. The van der Waals surface area contributed by atoms with E-state index in [0.717, 1.165) is 5.56 Å². The number of methoxy groups -OCH3 is 4. The standard InChI is InChI=1S/C28H27FN2O6S/c1-28-15-20(19-7-6-8-21(33-2)24(19)37-28)30(27(38)31(28)18-11-9-17(29)10-12-18)26(32)16-13-22(34-3)25(36-5)23(14-16)35-4/h6-14,20H,15H2,1-5H3/t20-,28+/m0/s1. The number of rotatable bonds is 6. The lowest BCUT2D eigenvalue weighted by atomic mass is 9.88. The molecule has 2 aliphatic rings. The Hall–Kier alpha value is -4.05. The number of hydrogen-bond acceptors (Lipinski definition) is 7. The molecule has 198 valence electrons. The van der Waals surface area contributed by atoms with Gasteiger partial charge in [-0.1, -0.05) is 12.1 Å². The first-order valence-electron chi connectivity index (χ1n) is 11.9. The molecule has 1 saturated heterocycles. The smallest absolute Gasteiger partial charge is 0.260 e. The van der Waals surface area contributed by atoms with Gasteiger partial charge in [-0.2, -0.15) is 0 Å². The fraction of sp³-hybridized carbons (Fsp3) is 0.286. The highest BCUT2D eigenvalue weighted by atomic mass is 32.1. The van der Waals surface area contributed by atoms with Gasteiger partial charge in [0.2, 0.25) is 5.75 Å². The molecule has 2 aliphatic heterocycles. The Kier molecular flexibility index (Phi) is 6.52. The molecule has 0 radical (unpaired) electrons. The Morgan fingerprint density at radius 1 is 0.974 bits per heavy atom. The lowest BCUT2D eigenvalue weighted by molar-refractivity contribution is 0.0162. The summed E-state index contributed by atoms with van der Waals surface area (Å²) in [6, 6.07) is 14.2. The number of carbonyl (C=O) groups is 1. The molecule has 10 heteroatoms. The molecule has 0 aromatic heterocycles. The van der Waals surface area contributed by atoms with Crippen LogP contribution in [-0.2, 0) is 0 Å². The summed E-state index contributed by atoms with van der Waals surface area (Å²) in [5.74, 6) is 1.34. The van der Waals surface area contributed by atoms with E-state index in [-0.39, 0.29) is 16.8 Å². The molecule has 3 aromatic carbocycles. The highest BCUT2D eigenvalue weighted by Gasteiger charge is 2.54. The van der Waals surface area contributed by atoms with E-state index in [1.165, 1.54) is 33.5 Å². The van der Waals surface area contributed by atoms with Gasteiger partial charge in [0.1, 0.15) is 5.82 Å². The van der Waals surface area contributed by atoms with Crippen LogP contribution in [0.1, 0.15) is 35.3 Å². The predicted octanol–water partition coefficient (Wildman–Crippen LogP) is 5.35. The summed E-state index contributed by atoms with van der Waals surface area (Å²) in [6.45, 7) is 1.90. The molecule has 2 bridgehead atoms. The van der Waals surface area contributed by atoms with E-state index in [0.29, 0.717) is 46.4 Å². The maximum Gasteiger partial charge on any atom is 0.260 e. The quantitative estimate of drug-likeness (QED) is 0.389. The molecule has 0 saturated carbocycles. The van der Waals surface area contributed by atoms with Crippen molar-refractivity contribution in [3.05, 3.63) is 71.5 Å². The molecule has 1 amide bonds. The van der Waals surface area contributed by atoms with E-state index in [4.69, 9.17) is 35.9 Å². The van der Waals surface area contributed by atoms with Crippen LogP contribution >= 0.6 is 12.2 Å². The monoisotopic (exact) mass is 538 g/mol. The lowest BCUT2D eigenvalue weighted by Crippen LogP contribution is -2.67. The first-order chi connectivity index (χ1) is 18.3. The zero-order valence-corrected chi connectivity index (χ0v) is 22.4. The largest absolute Gasteiger partial charge is 0.493 e. The second kappa shape index (κ2) is 9.68. The van der Waals surface area contributed by atoms with Crippen LogP contribution in [0.15, 0.2) is 54.6 Å². The van der Waals surface area contributed by atoms with E-state index in [1.807, 2.05) is 19.1 Å². The Labute approximate surface area is 225 Å². The van der Waals surface area contributed by atoms with Gasteiger partial charge in [0.25, 0.3) is 5.91 Å². The number of carbonyl (C=O) groups excluding carboxylic acids is 1. The van der Waals surface area contributed by atoms with Crippen LogP contribution in [0.4, 0.5) is 10.1 Å². The average Bonchev–Trinajstić information content (AvgIpc) is 2.92. The summed E-state index contributed by atoms with van der Waals surface area (Å²) >= 11 is 5.97. The number of thiocarbonyl (C=S) groups is 1. The normalized spacial score (nSPS) is 19.8. The number of nitrogens with zero attached hydrogens (tertiary/aromatic N) is 2.